The summed E-state index contributed by atoms with van der Waals surface area (Å²) < 4.78 is 4.68. The third kappa shape index (κ3) is 1.66. The smallest absolute Gasteiger partial charge is 0.409 e. The normalized spacial score (nSPS) is 30.5. The highest BCUT2D eigenvalue weighted by molar-refractivity contribution is 5.68. The van der Waals surface area contributed by atoms with Crippen molar-refractivity contribution < 1.29 is 14.4 Å². The third-order valence-corrected chi connectivity index (χ3v) is 2.72. The molecule has 0 radical (unpaired) electrons. The van der Waals surface area contributed by atoms with Crippen LogP contribution in [0.5, 0.6) is 0 Å². The van der Waals surface area contributed by atoms with Gasteiger partial charge in [0.1, 0.15) is 0 Å². The van der Waals surface area contributed by atoms with Crippen LogP contribution < -0.4 is 0 Å². The molecule has 0 aromatic heterocycles. The maximum atomic E-state index is 11.3. The molecule has 78 valence electrons. The Bertz CT molecular complexity index is 254. The number of rotatable bonds is 0. The molecule has 14 heavy (non-hydrogen) atoms. The molecule has 2 atom stereocenters. The van der Waals surface area contributed by atoms with Crippen LogP contribution in [0.2, 0.25) is 0 Å². The molecule has 0 aliphatic carbocycles. The van der Waals surface area contributed by atoms with E-state index >= 15 is 0 Å². The fraction of sp³-hybridized carbons (Fsp3) is 0.778. The molecule has 1 amide bonds. The van der Waals surface area contributed by atoms with Gasteiger partial charge in [-0.3, -0.25) is 0 Å². The maximum Gasteiger partial charge on any atom is 0.409 e. The number of carbonyl (C=O) groups is 1. The lowest BCUT2D eigenvalue weighted by atomic mass is 10.0. The van der Waals surface area contributed by atoms with Crippen LogP contribution in [0, 0.1) is 5.92 Å². The van der Waals surface area contributed by atoms with E-state index in [1.165, 1.54) is 7.11 Å². The summed E-state index contributed by atoms with van der Waals surface area (Å²) in [6, 6.07) is 0. The second-order valence-corrected chi connectivity index (χ2v) is 3.62. The Labute approximate surface area is 82.6 Å². The fourth-order valence-electron chi connectivity index (χ4n) is 1.92. The molecule has 2 heterocycles. The molecule has 5 nitrogen and oxygen atoms in total. The van der Waals surface area contributed by atoms with Gasteiger partial charge in [-0.1, -0.05) is 5.16 Å². The quantitative estimate of drug-likeness (QED) is 0.579. The minimum atomic E-state index is -0.277. The van der Waals surface area contributed by atoms with Gasteiger partial charge >= 0.3 is 6.09 Å². The molecule has 0 saturated carbocycles. The van der Waals surface area contributed by atoms with Crippen molar-refractivity contribution in [3.8, 4) is 0 Å². The van der Waals surface area contributed by atoms with E-state index in [0.29, 0.717) is 12.5 Å². The van der Waals surface area contributed by atoms with Crippen LogP contribution in [0.1, 0.15) is 12.8 Å². The number of carbonyl (C=O) groups excluding carboxylic acids is 1. The molecule has 0 aromatic carbocycles. The molecular weight excluding hydrogens is 184 g/mol. The molecular formula is C9H14N2O3. The number of methoxy groups -OCH3 is 1. The van der Waals surface area contributed by atoms with Crippen molar-refractivity contribution >= 4 is 12.3 Å². The van der Waals surface area contributed by atoms with Gasteiger partial charge in [-0.05, 0) is 12.8 Å². The number of amides is 1. The molecule has 2 rings (SSSR count). The van der Waals surface area contributed by atoms with Gasteiger partial charge in [0.2, 0.25) is 0 Å². The van der Waals surface area contributed by atoms with Gasteiger partial charge in [0.25, 0.3) is 0 Å². The molecule has 2 unspecified atom stereocenters. The van der Waals surface area contributed by atoms with Gasteiger partial charge in [-0.2, -0.15) is 0 Å². The Kier molecular flexibility index (Phi) is 2.56. The lowest BCUT2D eigenvalue weighted by molar-refractivity contribution is 0.0382. The lowest BCUT2D eigenvalue weighted by Crippen LogP contribution is -2.37. The maximum absolute atomic E-state index is 11.3. The zero-order valence-electron chi connectivity index (χ0n) is 8.18. The molecule has 0 bridgehead atoms. The number of nitrogens with zero attached hydrogens (tertiary/aromatic N) is 2. The van der Waals surface area contributed by atoms with Gasteiger partial charge < -0.3 is 14.5 Å². The largest absolute Gasteiger partial charge is 0.453 e. The molecule has 2 aliphatic heterocycles. The summed E-state index contributed by atoms with van der Waals surface area (Å²) in [5, 5.41) is 3.79. The standard InChI is InChI=1S/C9H14N2O3/c1-13-9(12)11-4-2-3-7-5-10-14-8(7)6-11/h5,7-8H,2-4,6H2,1H3. The monoisotopic (exact) mass is 198 g/mol. The molecule has 1 saturated heterocycles. The number of ether oxygens (including phenoxy) is 1. The van der Waals surface area contributed by atoms with Crippen molar-refractivity contribution in [3.63, 3.8) is 0 Å². The highest BCUT2D eigenvalue weighted by atomic mass is 16.6. The van der Waals surface area contributed by atoms with Gasteiger partial charge in [0.15, 0.2) is 6.10 Å². The summed E-state index contributed by atoms with van der Waals surface area (Å²) in [5.41, 5.74) is 0. The van der Waals surface area contributed by atoms with Gasteiger partial charge in [-0.15, -0.1) is 0 Å². The first kappa shape index (κ1) is 9.30. The van der Waals surface area contributed by atoms with Crippen LogP contribution >= 0.6 is 0 Å². The Balaban J connectivity index is 1.99. The number of hydrogen-bond donors (Lipinski definition) is 0. The first-order valence-electron chi connectivity index (χ1n) is 4.83. The summed E-state index contributed by atoms with van der Waals surface area (Å²) in [7, 11) is 1.40. The second-order valence-electron chi connectivity index (χ2n) is 3.62. The minimum absolute atomic E-state index is 0.0246. The number of hydrogen-bond acceptors (Lipinski definition) is 4. The molecule has 1 fully saturated rings. The van der Waals surface area contributed by atoms with Crippen molar-refractivity contribution in [2.24, 2.45) is 11.1 Å². The van der Waals surface area contributed by atoms with Crippen LogP contribution in [-0.4, -0.2) is 43.5 Å². The van der Waals surface area contributed by atoms with E-state index in [2.05, 4.69) is 9.89 Å². The van der Waals surface area contributed by atoms with E-state index in [9.17, 15) is 4.79 Å². The predicted octanol–water partition coefficient (Wildman–Crippen LogP) is 0.849. The van der Waals surface area contributed by atoms with Gasteiger partial charge in [0.05, 0.1) is 19.9 Å². The van der Waals surface area contributed by atoms with Crippen molar-refractivity contribution in [2.45, 2.75) is 18.9 Å². The third-order valence-electron chi connectivity index (χ3n) is 2.72. The zero-order valence-corrected chi connectivity index (χ0v) is 8.18. The van der Waals surface area contributed by atoms with Crippen LogP contribution in [-0.2, 0) is 9.57 Å². The van der Waals surface area contributed by atoms with E-state index < -0.39 is 0 Å². The molecule has 0 N–H and O–H groups in total. The molecule has 0 spiro atoms. The lowest BCUT2D eigenvalue weighted by Gasteiger charge is -2.21. The summed E-state index contributed by atoms with van der Waals surface area (Å²) in [6.45, 7) is 1.33. The van der Waals surface area contributed by atoms with Crippen molar-refractivity contribution in [2.75, 3.05) is 20.2 Å². The van der Waals surface area contributed by atoms with Crippen LogP contribution in [0.25, 0.3) is 0 Å². The predicted molar refractivity (Wildman–Crippen MR) is 50.1 cm³/mol. The summed E-state index contributed by atoms with van der Waals surface area (Å²) in [6.07, 6.45) is 3.59. The Morgan fingerprint density at radius 3 is 3.36 bits per heavy atom. The fourth-order valence-corrected chi connectivity index (χ4v) is 1.92. The Hall–Kier alpha value is -1.26. The Morgan fingerprint density at radius 1 is 1.71 bits per heavy atom. The highest BCUT2D eigenvalue weighted by Gasteiger charge is 2.33. The highest BCUT2D eigenvalue weighted by Crippen LogP contribution is 2.23. The topological polar surface area (TPSA) is 51.1 Å². The summed E-state index contributed by atoms with van der Waals surface area (Å²) in [4.78, 5) is 18.2. The van der Waals surface area contributed by atoms with E-state index in [4.69, 9.17) is 4.84 Å². The molecule has 0 aromatic rings. The van der Waals surface area contributed by atoms with Crippen molar-refractivity contribution in [3.05, 3.63) is 0 Å². The van der Waals surface area contributed by atoms with Crippen LogP contribution in [0.3, 0.4) is 0 Å². The molecule has 2 aliphatic rings. The van der Waals surface area contributed by atoms with E-state index in [0.717, 1.165) is 19.4 Å². The van der Waals surface area contributed by atoms with Crippen LogP contribution in [0.4, 0.5) is 4.79 Å². The second kappa shape index (κ2) is 3.86. The Morgan fingerprint density at radius 2 is 2.57 bits per heavy atom. The van der Waals surface area contributed by atoms with Crippen LogP contribution in [0.15, 0.2) is 5.16 Å². The minimum Gasteiger partial charge on any atom is -0.453 e. The first-order chi connectivity index (χ1) is 6.81. The van der Waals surface area contributed by atoms with Crippen molar-refractivity contribution in [1.29, 1.82) is 0 Å². The average molecular weight is 198 g/mol. The number of fused-ring (bicyclic) bond motifs is 1. The summed E-state index contributed by atoms with van der Waals surface area (Å²) in [5.74, 6) is 0.365. The summed E-state index contributed by atoms with van der Waals surface area (Å²) >= 11 is 0. The van der Waals surface area contributed by atoms with Gasteiger partial charge in [0, 0.05) is 12.5 Å². The average Bonchev–Trinajstić information content (AvgIpc) is 2.54. The molecule has 5 heteroatoms. The number of likely N-dealkylation sites (tertiary alicyclic amines) is 1. The van der Waals surface area contributed by atoms with Gasteiger partial charge in [-0.25, -0.2) is 4.79 Å². The van der Waals surface area contributed by atoms with E-state index in [1.54, 1.807) is 4.90 Å². The number of oxime groups is 1. The zero-order chi connectivity index (χ0) is 9.97. The van der Waals surface area contributed by atoms with E-state index in [1.807, 2.05) is 6.21 Å². The SMILES string of the molecule is COC(=O)N1CCCC2C=NOC2C1. The van der Waals surface area contributed by atoms with Crippen molar-refractivity contribution in [1.82, 2.24) is 4.90 Å². The first-order valence-corrected chi connectivity index (χ1v) is 4.83. The van der Waals surface area contributed by atoms with E-state index in [-0.39, 0.29) is 12.2 Å².